The normalized spacial score (nSPS) is 10.2. The number of anilines is 1. The lowest BCUT2D eigenvalue weighted by molar-refractivity contribution is 0.995. The van der Waals surface area contributed by atoms with Crippen LogP contribution in [0.15, 0.2) is 54.9 Å². The van der Waals surface area contributed by atoms with Crippen molar-refractivity contribution in [3.05, 3.63) is 66.0 Å². The summed E-state index contributed by atoms with van der Waals surface area (Å²) in [6.07, 6.45) is 4.45. The van der Waals surface area contributed by atoms with Crippen LogP contribution >= 0.6 is 0 Å². The average Bonchev–Trinajstić information content (AvgIpc) is 2.55. The lowest BCUT2D eigenvalue weighted by Crippen LogP contribution is -2.08. The molecule has 3 aromatic rings. The lowest BCUT2D eigenvalue weighted by Gasteiger charge is -2.08. The van der Waals surface area contributed by atoms with Crippen LogP contribution in [-0.2, 0) is 6.42 Å². The number of rotatable bonds is 4. The molecule has 102 valence electrons. The molecule has 0 amide bonds. The predicted octanol–water partition coefficient (Wildman–Crippen LogP) is 3.16. The van der Waals surface area contributed by atoms with Gasteiger partial charge in [0.2, 0.25) is 0 Å². The van der Waals surface area contributed by atoms with Crippen LogP contribution in [0.2, 0.25) is 0 Å². The smallest absolute Gasteiger partial charge is 0.144 e. The molecule has 4 nitrogen and oxygen atoms in total. The van der Waals surface area contributed by atoms with Gasteiger partial charge in [0.05, 0.1) is 11.1 Å². The molecule has 2 heterocycles. The fourth-order valence-electron chi connectivity index (χ4n) is 2.21. The minimum Gasteiger partial charge on any atom is -0.369 e. The highest BCUT2D eigenvalue weighted by Crippen LogP contribution is 2.19. The first-order chi connectivity index (χ1) is 10.4. The first-order valence-corrected chi connectivity index (χ1v) is 6.79. The van der Waals surface area contributed by atoms with Gasteiger partial charge in [-0.25, -0.2) is 4.98 Å². The maximum Gasteiger partial charge on any atom is 0.144 e. The van der Waals surface area contributed by atoms with Crippen LogP contribution in [0.5, 0.6) is 0 Å². The summed E-state index contributed by atoms with van der Waals surface area (Å²) in [7, 11) is 0. The summed E-state index contributed by atoms with van der Waals surface area (Å²) < 4.78 is 0. The highest BCUT2D eigenvalue weighted by atomic mass is 15.0. The summed E-state index contributed by atoms with van der Waals surface area (Å²) in [5, 5.41) is 13.5. The number of aromatic nitrogens is 2. The van der Waals surface area contributed by atoms with E-state index in [-0.39, 0.29) is 0 Å². The zero-order valence-corrected chi connectivity index (χ0v) is 11.5. The van der Waals surface area contributed by atoms with Crippen LogP contribution in [0.1, 0.15) is 11.1 Å². The Morgan fingerprint density at radius 2 is 2.05 bits per heavy atom. The molecule has 21 heavy (non-hydrogen) atoms. The second kappa shape index (κ2) is 6.02. The van der Waals surface area contributed by atoms with Gasteiger partial charge in [0.15, 0.2) is 0 Å². The molecule has 0 saturated heterocycles. The molecule has 0 fully saturated rings. The summed E-state index contributed by atoms with van der Waals surface area (Å²) in [5.41, 5.74) is 2.62. The van der Waals surface area contributed by atoms with E-state index in [0.29, 0.717) is 17.9 Å². The van der Waals surface area contributed by atoms with E-state index in [9.17, 15) is 5.26 Å². The fourth-order valence-corrected chi connectivity index (χ4v) is 2.21. The molecule has 0 aliphatic rings. The highest BCUT2D eigenvalue weighted by molar-refractivity contribution is 5.82. The second-order valence-corrected chi connectivity index (χ2v) is 4.73. The van der Waals surface area contributed by atoms with Gasteiger partial charge in [0.25, 0.3) is 0 Å². The SMILES string of the molecule is N#Cc1cc2ccccc2nc1NCCc1cccnc1. The van der Waals surface area contributed by atoms with E-state index in [4.69, 9.17) is 0 Å². The van der Waals surface area contributed by atoms with Crippen molar-refractivity contribution in [3.8, 4) is 6.07 Å². The first kappa shape index (κ1) is 13.1. The number of hydrogen-bond acceptors (Lipinski definition) is 4. The van der Waals surface area contributed by atoms with Crippen molar-refractivity contribution in [1.29, 1.82) is 5.26 Å². The zero-order chi connectivity index (χ0) is 14.5. The molecule has 3 rings (SSSR count). The van der Waals surface area contributed by atoms with E-state index in [2.05, 4.69) is 21.4 Å². The monoisotopic (exact) mass is 274 g/mol. The number of fused-ring (bicyclic) bond motifs is 1. The Morgan fingerprint density at radius 3 is 2.86 bits per heavy atom. The van der Waals surface area contributed by atoms with Crippen LogP contribution in [0.3, 0.4) is 0 Å². The molecule has 2 aromatic heterocycles. The van der Waals surface area contributed by atoms with Gasteiger partial charge in [0, 0.05) is 24.3 Å². The summed E-state index contributed by atoms with van der Waals surface area (Å²) in [6, 6.07) is 15.8. The standard InChI is InChI=1S/C17H14N4/c18-11-15-10-14-5-1-2-6-16(14)21-17(15)20-9-7-13-4-3-8-19-12-13/h1-6,8,10,12H,7,9H2,(H,20,21). The molecule has 1 aromatic carbocycles. The second-order valence-electron chi connectivity index (χ2n) is 4.73. The van der Waals surface area contributed by atoms with Crippen molar-refractivity contribution >= 4 is 16.7 Å². The number of benzene rings is 1. The topological polar surface area (TPSA) is 61.6 Å². The van der Waals surface area contributed by atoms with Crippen molar-refractivity contribution in [2.24, 2.45) is 0 Å². The number of nitrogens with one attached hydrogen (secondary N) is 1. The minimum absolute atomic E-state index is 0.569. The summed E-state index contributed by atoms with van der Waals surface area (Å²) in [4.78, 5) is 8.62. The molecule has 0 radical (unpaired) electrons. The Morgan fingerprint density at radius 1 is 1.14 bits per heavy atom. The Balaban J connectivity index is 1.78. The molecule has 0 atom stereocenters. The Hall–Kier alpha value is -2.93. The molecule has 0 bridgehead atoms. The number of para-hydroxylation sites is 1. The minimum atomic E-state index is 0.569. The number of pyridine rings is 2. The molecule has 1 N–H and O–H groups in total. The van der Waals surface area contributed by atoms with Crippen molar-refractivity contribution in [2.45, 2.75) is 6.42 Å². The van der Waals surface area contributed by atoms with E-state index in [1.165, 1.54) is 0 Å². The Labute approximate surface area is 123 Å². The van der Waals surface area contributed by atoms with Gasteiger partial charge in [-0.05, 0) is 30.2 Å². The van der Waals surface area contributed by atoms with Crippen molar-refractivity contribution < 1.29 is 0 Å². The molecule has 0 aliphatic heterocycles. The van der Waals surface area contributed by atoms with Crippen molar-refractivity contribution in [3.63, 3.8) is 0 Å². The van der Waals surface area contributed by atoms with Gasteiger partial charge in [-0.3, -0.25) is 4.98 Å². The van der Waals surface area contributed by atoms with E-state index in [1.807, 2.05) is 48.7 Å². The van der Waals surface area contributed by atoms with Crippen LogP contribution in [0, 0.1) is 11.3 Å². The molecular formula is C17H14N4. The third kappa shape index (κ3) is 2.98. The molecule has 0 aliphatic carbocycles. The van der Waals surface area contributed by atoms with Crippen LogP contribution < -0.4 is 5.32 Å². The van der Waals surface area contributed by atoms with Gasteiger partial charge >= 0.3 is 0 Å². The number of hydrogen-bond donors (Lipinski definition) is 1. The molecule has 0 saturated carbocycles. The zero-order valence-electron chi connectivity index (χ0n) is 11.5. The van der Waals surface area contributed by atoms with E-state index < -0.39 is 0 Å². The van der Waals surface area contributed by atoms with Gasteiger partial charge in [-0.15, -0.1) is 0 Å². The van der Waals surface area contributed by atoms with Crippen molar-refractivity contribution in [2.75, 3.05) is 11.9 Å². The quantitative estimate of drug-likeness (QED) is 0.793. The maximum atomic E-state index is 9.25. The van der Waals surface area contributed by atoms with E-state index in [1.54, 1.807) is 6.20 Å². The van der Waals surface area contributed by atoms with E-state index >= 15 is 0 Å². The average molecular weight is 274 g/mol. The van der Waals surface area contributed by atoms with Gasteiger partial charge in [-0.1, -0.05) is 24.3 Å². The van der Waals surface area contributed by atoms with Gasteiger partial charge in [-0.2, -0.15) is 5.26 Å². The highest BCUT2D eigenvalue weighted by Gasteiger charge is 2.05. The molecular weight excluding hydrogens is 260 g/mol. The predicted molar refractivity (Wildman–Crippen MR) is 82.9 cm³/mol. The van der Waals surface area contributed by atoms with Crippen LogP contribution in [0.4, 0.5) is 5.82 Å². The lowest BCUT2D eigenvalue weighted by atomic mass is 10.1. The van der Waals surface area contributed by atoms with Gasteiger partial charge < -0.3 is 5.32 Å². The summed E-state index contributed by atoms with van der Waals surface area (Å²) >= 11 is 0. The third-order valence-corrected chi connectivity index (χ3v) is 3.27. The van der Waals surface area contributed by atoms with Crippen LogP contribution in [-0.4, -0.2) is 16.5 Å². The number of nitriles is 1. The Bertz CT molecular complexity index is 791. The first-order valence-electron chi connectivity index (χ1n) is 6.79. The summed E-state index contributed by atoms with van der Waals surface area (Å²) in [5.74, 6) is 0.639. The van der Waals surface area contributed by atoms with Crippen LogP contribution in [0.25, 0.3) is 10.9 Å². The largest absolute Gasteiger partial charge is 0.369 e. The molecule has 0 spiro atoms. The molecule has 0 unspecified atom stereocenters. The third-order valence-electron chi connectivity index (χ3n) is 3.27. The molecule has 4 heteroatoms. The van der Waals surface area contributed by atoms with Crippen molar-refractivity contribution in [1.82, 2.24) is 9.97 Å². The fraction of sp³-hybridized carbons (Fsp3) is 0.118. The van der Waals surface area contributed by atoms with E-state index in [0.717, 1.165) is 22.9 Å². The number of nitrogens with zero attached hydrogens (tertiary/aromatic N) is 3. The summed E-state index contributed by atoms with van der Waals surface area (Å²) in [6.45, 7) is 0.714. The van der Waals surface area contributed by atoms with Gasteiger partial charge in [0.1, 0.15) is 11.9 Å². The maximum absolute atomic E-state index is 9.25. The Kier molecular flexibility index (Phi) is 3.74.